The van der Waals surface area contributed by atoms with Crippen molar-refractivity contribution < 1.29 is 9.18 Å². The van der Waals surface area contributed by atoms with Crippen LogP contribution >= 0.6 is 0 Å². The third kappa shape index (κ3) is 3.53. The van der Waals surface area contributed by atoms with E-state index >= 15 is 0 Å². The van der Waals surface area contributed by atoms with Crippen LogP contribution in [0.5, 0.6) is 0 Å². The second-order valence-corrected chi connectivity index (χ2v) is 6.12. The van der Waals surface area contributed by atoms with Crippen LogP contribution in [-0.4, -0.2) is 37.0 Å². The zero-order valence-electron chi connectivity index (χ0n) is 13.0. The maximum absolute atomic E-state index is 14.1. The van der Waals surface area contributed by atoms with Crippen LogP contribution in [0.15, 0.2) is 30.4 Å². The Morgan fingerprint density at radius 2 is 2.09 bits per heavy atom. The number of carbonyl (C=O) groups excluding carboxylic acids is 1. The van der Waals surface area contributed by atoms with Gasteiger partial charge < -0.3 is 9.80 Å². The zero-order chi connectivity index (χ0) is 16.2. The molecule has 1 atom stereocenters. The Balaban J connectivity index is 1.57. The normalized spacial score (nSPS) is 20.6. The highest BCUT2D eigenvalue weighted by Gasteiger charge is 2.24. The SMILES string of the molecule is N#Cc1ccc(N2CCN(C(=O)C[C@@H]3C=CCC3)CC2)c(F)c1. The van der Waals surface area contributed by atoms with Gasteiger partial charge in [0, 0.05) is 32.6 Å². The molecule has 0 radical (unpaired) electrons. The van der Waals surface area contributed by atoms with Gasteiger partial charge in [-0.15, -0.1) is 0 Å². The standard InChI is InChI=1S/C18H20FN3O/c19-16-11-15(13-20)5-6-17(16)21-7-9-22(10-8-21)18(23)12-14-3-1-2-4-14/h1,3,5-6,11,14H,2,4,7-10,12H2/t14-/m1/s1. The highest BCUT2D eigenvalue weighted by atomic mass is 19.1. The summed E-state index contributed by atoms with van der Waals surface area (Å²) in [6, 6.07) is 6.48. The first-order valence-corrected chi connectivity index (χ1v) is 8.06. The van der Waals surface area contributed by atoms with Gasteiger partial charge in [-0.05, 0) is 37.0 Å². The van der Waals surface area contributed by atoms with E-state index in [0.717, 1.165) is 12.8 Å². The molecular formula is C18H20FN3O. The van der Waals surface area contributed by atoms with Gasteiger partial charge in [-0.2, -0.15) is 5.26 Å². The van der Waals surface area contributed by atoms with Crippen LogP contribution in [0.25, 0.3) is 0 Å². The lowest BCUT2D eigenvalue weighted by Gasteiger charge is -2.36. The fraction of sp³-hybridized carbons (Fsp3) is 0.444. The Bertz CT molecular complexity index is 657. The molecule has 1 amide bonds. The Labute approximate surface area is 135 Å². The molecule has 120 valence electrons. The number of nitriles is 1. The van der Waals surface area contributed by atoms with Crippen molar-refractivity contribution in [3.05, 3.63) is 41.7 Å². The van der Waals surface area contributed by atoms with Gasteiger partial charge in [-0.3, -0.25) is 4.79 Å². The van der Waals surface area contributed by atoms with E-state index in [1.165, 1.54) is 6.07 Å². The van der Waals surface area contributed by atoms with Crippen molar-refractivity contribution in [1.29, 1.82) is 5.26 Å². The predicted octanol–water partition coefficient (Wildman–Crippen LogP) is 2.70. The minimum Gasteiger partial charge on any atom is -0.366 e. The predicted molar refractivity (Wildman–Crippen MR) is 86.4 cm³/mol. The van der Waals surface area contributed by atoms with Crippen molar-refractivity contribution in [2.75, 3.05) is 31.1 Å². The van der Waals surface area contributed by atoms with Gasteiger partial charge in [0.25, 0.3) is 0 Å². The number of carbonyl (C=O) groups is 1. The summed E-state index contributed by atoms with van der Waals surface area (Å²) in [5.41, 5.74) is 0.833. The summed E-state index contributed by atoms with van der Waals surface area (Å²) in [6.45, 7) is 2.48. The molecule has 1 aliphatic heterocycles. The average molecular weight is 313 g/mol. The summed E-state index contributed by atoms with van der Waals surface area (Å²) in [5, 5.41) is 8.80. The van der Waals surface area contributed by atoms with Crippen molar-refractivity contribution in [1.82, 2.24) is 4.90 Å². The maximum Gasteiger partial charge on any atom is 0.223 e. The molecule has 1 aromatic carbocycles. The van der Waals surface area contributed by atoms with Crippen LogP contribution in [0.4, 0.5) is 10.1 Å². The second kappa shape index (κ2) is 6.82. The molecule has 0 spiro atoms. The van der Waals surface area contributed by atoms with E-state index in [0.29, 0.717) is 49.8 Å². The van der Waals surface area contributed by atoms with E-state index in [4.69, 9.17) is 5.26 Å². The van der Waals surface area contributed by atoms with E-state index in [2.05, 4.69) is 12.2 Å². The topological polar surface area (TPSA) is 47.3 Å². The third-order valence-electron chi connectivity index (χ3n) is 4.60. The Morgan fingerprint density at radius 1 is 1.30 bits per heavy atom. The third-order valence-corrected chi connectivity index (χ3v) is 4.60. The summed E-state index contributed by atoms with van der Waals surface area (Å²) >= 11 is 0. The Morgan fingerprint density at radius 3 is 2.70 bits per heavy atom. The molecule has 1 fully saturated rings. The smallest absolute Gasteiger partial charge is 0.223 e. The first-order chi connectivity index (χ1) is 11.2. The molecule has 1 aliphatic carbocycles. The molecule has 1 aromatic rings. The molecule has 0 N–H and O–H groups in total. The lowest BCUT2D eigenvalue weighted by Crippen LogP contribution is -2.49. The fourth-order valence-electron chi connectivity index (χ4n) is 3.25. The minimum absolute atomic E-state index is 0.196. The summed E-state index contributed by atoms with van der Waals surface area (Å²) in [4.78, 5) is 16.1. The number of benzene rings is 1. The van der Waals surface area contributed by atoms with E-state index < -0.39 is 0 Å². The van der Waals surface area contributed by atoms with Crippen molar-refractivity contribution in [2.24, 2.45) is 5.92 Å². The second-order valence-electron chi connectivity index (χ2n) is 6.12. The Kier molecular flexibility index (Phi) is 4.61. The summed E-state index contributed by atoms with van der Waals surface area (Å²) in [7, 11) is 0. The first kappa shape index (κ1) is 15.5. The number of allylic oxidation sites excluding steroid dienone is 2. The van der Waals surface area contributed by atoms with E-state index in [1.807, 2.05) is 15.9 Å². The van der Waals surface area contributed by atoms with Gasteiger partial charge in [0.1, 0.15) is 5.82 Å². The average Bonchev–Trinajstić information content (AvgIpc) is 3.08. The van der Waals surface area contributed by atoms with E-state index in [-0.39, 0.29) is 11.7 Å². The first-order valence-electron chi connectivity index (χ1n) is 8.06. The lowest BCUT2D eigenvalue weighted by atomic mass is 10.0. The molecule has 1 heterocycles. The molecule has 0 aromatic heterocycles. The fourth-order valence-corrected chi connectivity index (χ4v) is 3.25. The summed E-state index contributed by atoms with van der Waals surface area (Å²) < 4.78 is 14.1. The molecule has 0 saturated carbocycles. The number of anilines is 1. The monoisotopic (exact) mass is 313 g/mol. The van der Waals surface area contributed by atoms with Gasteiger partial charge in [0.15, 0.2) is 0 Å². The maximum atomic E-state index is 14.1. The van der Waals surface area contributed by atoms with Crippen LogP contribution in [0.2, 0.25) is 0 Å². The lowest BCUT2D eigenvalue weighted by molar-refractivity contribution is -0.132. The molecule has 1 saturated heterocycles. The molecule has 0 bridgehead atoms. The number of amides is 1. The van der Waals surface area contributed by atoms with Crippen LogP contribution in [0.1, 0.15) is 24.8 Å². The van der Waals surface area contributed by atoms with Crippen LogP contribution in [0, 0.1) is 23.1 Å². The number of hydrogen-bond donors (Lipinski definition) is 0. The van der Waals surface area contributed by atoms with Crippen LogP contribution < -0.4 is 4.90 Å². The largest absolute Gasteiger partial charge is 0.366 e. The highest BCUT2D eigenvalue weighted by Crippen LogP contribution is 2.24. The van der Waals surface area contributed by atoms with Gasteiger partial charge >= 0.3 is 0 Å². The minimum atomic E-state index is -0.375. The van der Waals surface area contributed by atoms with Gasteiger partial charge in [-0.25, -0.2) is 4.39 Å². The molecule has 3 rings (SSSR count). The van der Waals surface area contributed by atoms with Crippen molar-refractivity contribution in [2.45, 2.75) is 19.3 Å². The Hall–Kier alpha value is -2.35. The van der Waals surface area contributed by atoms with Crippen LogP contribution in [-0.2, 0) is 4.79 Å². The quantitative estimate of drug-likeness (QED) is 0.806. The summed E-state index contributed by atoms with van der Waals surface area (Å²) in [5.74, 6) is 0.206. The van der Waals surface area contributed by atoms with E-state index in [9.17, 15) is 9.18 Å². The van der Waals surface area contributed by atoms with Crippen molar-refractivity contribution in [3.8, 4) is 6.07 Å². The molecular weight excluding hydrogens is 293 g/mol. The van der Waals surface area contributed by atoms with Crippen molar-refractivity contribution >= 4 is 11.6 Å². The number of halogens is 1. The highest BCUT2D eigenvalue weighted by molar-refractivity contribution is 5.77. The molecule has 5 heteroatoms. The van der Waals surface area contributed by atoms with Crippen LogP contribution in [0.3, 0.4) is 0 Å². The number of hydrogen-bond acceptors (Lipinski definition) is 3. The van der Waals surface area contributed by atoms with Gasteiger partial charge in [0.05, 0.1) is 17.3 Å². The molecule has 2 aliphatic rings. The molecule has 23 heavy (non-hydrogen) atoms. The van der Waals surface area contributed by atoms with Crippen molar-refractivity contribution in [3.63, 3.8) is 0 Å². The number of piperazine rings is 1. The van der Waals surface area contributed by atoms with E-state index in [1.54, 1.807) is 12.1 Å². The zero-order valence-corrected chi connectivity index (χ0v) is 13.0. The number of rotatable bonds is 3. The molecule has 0 unspecified atom stereocenters. The van der Waals surface area contributed by atoms with Gasteiger partial charge in [-0.1, -0.05) is 12.2 Å². The molecule has 4 nitrogen and oxygen atoms in total. The number of nitrogens with zero attached hydrogens (tertiary/aromatic N) is 3. The summed E-state index contributed by atoms with van der Waals surface area (Å²) in [6.07, 6.45) is 7.01. The van der Waals surface area contributed by atoms with Gasteiger partial charge in [0.2, 0.25) is 5.91 Å².